The first-order valence-electron chi connectivity index (χ1n) is 4.75. The van der Waals surface area contributed by atoms with Crippen molar-refractivity contribution in [3.8, 4) is 0 Å². The van der Waals surface area contributed by atoms with Crippen LogP contribution in [0.5, 0.6) is 0 Å². The van der Waals surface area contributed by atoms with Crippen LogP contribution in [0.25, 0.3) is 0 Å². The standard InChI is InChI=1S/C9H18IN2/c1-3-11-5-4-9(6-11)7-12(8-9)10-2/h3-8H2,1-2H3/q-1. The topological polar surface area (TPSA) is 6.48 Å². The summed E-state index contributed by atoms with van der Waals surface area (Å²) in [5, 5.41) is 0. The maximum atomic E-state index is 2.66. The third-order valence-corrected chi connectivity index (χ3v) is 5.26. The van der Waals surface area contributed by atoms with Gasteiger partial charge in [-0.2, -0.15) is 0 Å². The summed E-state index contributed by atoms with van der Waals surface area (Å²) in [6, 6.07) is 0. The molecular weight excluding hydrogens is 263 g/mol. The molecule has 2 nitrogen and oxygen atoms in total. The summed E-state index contributed by atoms with van der Waals surface area (Å²) in [6.45, 7) is 9.09. The first-order valence-corrected chi connectivity index (χ1v) is 7.87. The molecule has 2 saturated heterocycles. The van der Waals surface area contributed by atoms with Crippen LogP contribution in [0.1, 0.15) is 13.3 Å². The van der Waals surface area contributed by atoms with Crippen molar-refractivity contribution in [3.63, 3.8) is 0 Å². The Bertz CT molecular complexity index is 166. The molecule has 0 unspecified atom stereocenters. The monoisotopic (exact) mass is 281 g/mol. The van der Waals surface area contributed by atoms with Crippen LogP contribution in [0.15, 0.2) is 0 Å². The van der Waals surface area contributed by atoms with Gasteiger partial charge in [-0.05, 0) is 0 Å². The second kappa shape index (κ2) is 3.42. The van der Waals surface area contributed by atoms with Crippen molar-refractivity contribution in [1.29, 1.82) is 0 Å². The van der Waals surface area contributed by atoms with E-state index in [1.54, 1.807) is 0 Å². The van der Waals surface area contributed by atoms with Crippen LogP contribution < -0.4 is 21.5 Å². The molecule has 2 fully saturated rings. The molecule has 3 heteroatoms. The van der Waals surface area contributed by atoms with Gasteiger partial charge in [-0.25, -0.2) is 0 Å². The van der Waals surface area contributed by atoms with E-state index in [4.69, 9.17) is 0 Å². The number of hydrogen-bond acceptors (Lipinski definition) is 2. The fourth-order valence-electron chi connectivity index (χ4n) is 2.36. The van der Waals surface area contributed by atoms with Gasteiger partial charge in [0.25, 0.3) is 0 Å². The van der Waals surface area contributed by atoms with E-state index in [-0.39, 0.29) is 0 Å². The fraction of sp³-hybridized carbons (Fsp3) is 1.00. The van der Waals surface area contributed by atoms with Gasteiger partial charge in [-0.3, -0.25) is 0 Å². The first-order chi connectivity index (χ1) is 5.78. The van der Waals surface area contributed by atoms with Crippen molar-refractivity contribution < 1.29 is 21.5 Å². The van der Waals surface area contributed by atoms with Gasteiger partial charge >= 0.3 is 85.9 Å². The number of nitrogens with zero attached hydrogens (tertiary/aromatic N) is 2. The molecule has 2 aliphatic heterocycles. The number of alkyl halides is 1. The number of halogens is 1. The van der Waals surface area contributed by atoms with Crippen LogP contribution in [0.4, 0.5) is 0 Å². The summed E-state index contributed by atoms with van der Waals surface area (Å²) < 4.78 is 2.66. The van der Waals surface area contributed by atoms with Crippen LogP contribution in [0, 0.1) is 5.41 Å². The van der Waals surface area contributed by atoms with E-state index in [2.05, 4.69) is 19.9 Å². The summed E-state index contributed by atoms with van der Waals surface area (Å²) in [5.74, 6) is 0. The van der Waals surface area contributed by atoms with Gasteiger partial charge in [-0.15, -0.1) is 0 Å². The van der Waals surface area contributed by atoms with Gasteiger partial charge in [0.05, 0.1) is 0 Å². The van der Waals surface area contributed by atoms with E-state index in [9.17, 15) is 0 Å². The molecule has 2 heterocycles. The molecule has 2 rings (SSSR count). The van der Waals surface area contributed by atoms with Crippen molar-refractivity contribution in [2.24, 2.45) is 5.41 Å². The first kappa shape index (κ1) is 9.21. The van der Waals surface area contributed by atoms with Crippen LogP contribution in [-0.4, -0.2) is 45.7 Å². The van der Waals surface area contributed by atoms with E-state index in [0.717, 1.165) is 5.41 Å². The molecule has 72 valence electrons. The Morgan fingerprint density at radius 2 is 2.08 bits per heavy atom. The van der Waals surface area contributed by atoms with Gasteiger partial charge in [0, 0.05) is 0 Å². The van der Waals surface area contributed by atoms with Crippen LogP contribution in [-0.2, 0) is 0 Å². The van der Waals surface area contributed by atoms with Gasteiger partial charge in [-0.1, -0.05) is 0 Å². The second-order valence-electron chi connectivity index (χ2n) is 4.07. The molecule has 0 aromatic carbocycles. The third-order valence-electron chi connectivity index (χ3n) is 3.22. The number of hydrogen-bond donors (Lipinski definition) is 0. The molecular formula is C9H18IN2-. The summed E-state index contributed by atoms with van der Waals surface area (Å²) >= 11 is 0.383. The van der Waals surface area contributed by atoms with Gasteiger partial charge in [0.2, 0.25) is 0 Å². The Labute approximate surface area is 85.9 Å². The van der Waals surface area contributed by atoms with Gasteiger partial charge in [0.15, 0.2) is 0 Å². The summed E-state index contributed by atoms with van der Waals surface area (Å²) in [5.41, 5.74) is 0.742. The van der Waals surface area contributed by atoms with E-state index >= 15 is 0 Å². The van der Waals surface area contributed by atoms with Crippen LogP contribution >= 0.6 is 0 Å². The third kappa shape index (κ3) is 1.51. The summed E-state index contributed by atoms with van der Waals surface area (Å²) in [7, 11) is 0. The Morgan fingerprint density at radius 1 is 1.33 bits per heavy atom. The van der Waals surface area contributed by atoms with E-state index in [1.165, 1.54) is 39.1 Å². The van der Waals surface area contributed by atoms with E-state index < -0.39 is 0 Å². The van der Waals surface area contributed by atoms with Crippen molar-refractivity contribution in [2.45, 2.75) is 13.3 Å². The summed E-state index contributed by atoms with van der Waals surface area (Å²) in [4.78, 5) is 4.98. The molecule has 0 saturated carbocycles. The fourth-order valence-corrected chi connectivity index (χ4v) is 4.49. The zero-order valence-corrected chi connectivity index (χ0v) is 10.2. The molecule has 0 bridgehead atoms. The number of likely N-dealkylation sites (tertiary alicyclic amines) is 1. The predicted molar refractivity (Wildman–Crippen MR) is 46.7 cm³/mol. The van der Waals surface area contributed by atoms with Gasteiger partial charge in [0.1, 0.15) is 0 Å². The zero-order valence-electron chi connectivity index (χ0n) is 8.02. The minimum atomic E-state index is 0.383. The molecule has 0 N–H and O–H groups in total. The zero-order chi connectivity index (χ0) is 8.60. The molecule has 0 aromatic heterocycles. The molecule has 2 aliphatic rings. The Hall–Kier alpha value is 0.650. The van der Waals surface area contributed by atoms with Crippen molar-refractivity contribution in [1.82, 2.24) is 8.01 Å². The Balaban J connectivity index is 1.84. The predicted octanol–water partition coefficient (Wildman–Crippen LogP) is -2.35. The van der Waals surface area contributed by atoms with Crippen molar-refractivity contribution >= 4 is 0 Å². The van der Waals surface area contributed by atoms with Crippen molar-refractivity contribution in [2.75, 3.05) is 37.7 Å². The maximum absolute atomic E-state index is 2.66. The molecule has 0 aliphatic carbocycles. The number of rotatable bonds is 2. The Kier molecular flexibility index (Phi) is 2.63. The molecule has 12 heavy (non-hydrogen) atoms. The summed E-state index contributed by atoms with van der Waals surface area (Å²) in [6.07, 6.45) is 1.46. The van der Waals surface area contributed by atoms with E-state index in [1.807, 2.05) is 0 Å². The van der Waals surface area contributed by atoms with Crippen molar-refractivity contribution in [3.05, 3.63) is 0 Å². The van der Waals surface area contributed by atoms with Gasteiger partial charge < -0.3 is 0 Å². The molecule has 1 spiro atoms. The molecule has 0 atom stereocenters. The minimum absolute atomic E-state index is 0.383. The SMILES string of the molecule is CCN1CCC2(C1)CN([I-]C)C2. The van der Waals surface area contributed by atoms with Crippen LogP contribution in [0.3, 0.4) is 0 Å². The van der Waals surface area contributed by atoms with E-state index in [0.29, 0.717) is 21.5 Å². The second-order valence-corrected chi connectivity index (χ2v) is 6.40. The average Bonchev–Trinajstić information content (AvgIpc) is 2.45. The average molecular weight is 281 g/mol. The molecule has 0 amide bonds. The molecule has 0 aromatic rings. The normalized spacial score (nSPS) is 29.8. The Morgan fingerprint density at radius 3 is 2.58 bits per heavy atom. The molecule has 0 radical (unpaired) electrons. The van der Waals surface area contributed by atoms with Crippen LogP contribution in [0.2, 0.25) is 0 Å². The quantitative estimate of drug-likeness (QED) is 0.318.